The molecular weight excluding hydrogens is 356 g/mol. The second-order valence-corrected chi connectivity index (χ2v) is 6.55. The van der Waals surface area contributed by atoms with Crippen LogP contribution >= 0.6 is 0 Å². The maximum atomic E-state index is 12.5. The predicted molar refractivity (Wildman–Crippen MR) is 105 cm³/mol. The average molecular weight is 374 g/mol. The van der Waals surface area contributed by atoms with Gasteiger partial charge < -0.3 is 9.84 Å². The quantitative estimate of drug-likeness (QED) is 0.742. The van der Waals surface area contributed by atoms with Gasteiger partial charge in [0, 0.05) is 13.0 Å². The summed E-state index contributed by atoms with van der Waals surface area (Å²) in [4.78, 5) is 28.8. The van der Waals surface area contributed by atoms with E-state index in [1.807, 2.05) is 24.3 Å². The van der Waals surface area contributed by atoms with Gasteiger partial charge in [0.15, 0.2) is 5.69 Å². The van der Waals surface area contributed by atoms with Crippen molar-refractivity contribution in [2.75, 3.05) is 18.6 Å². The minimum atomic E-state index is -1.15. The fourth-order valence-electron chi connectivity index (χ4n) is 3.51. The van der Waals surface area contributed by atoms with E-state index >= 15 is 0 Å². The maximum Gasteiger partial charge on any atom is 0.415 e. The Balaban J connectivity index is 1.52. The Morgan fingerprint density at radius 3 is 2.18 bits per heavy atom. The summed E-state index contributed by atoms with van der Waals surface area (Å²) >= 11 is 0. The molecule has 0 bridgehead atoms. The van der Waals surface area contributed by atoms with E-state index in [4.69, 9.17) is 9.84 Å². The highest BCUT2D eigenvalue weighted by atomic mass is 16.6. The van der Waals surface area contributed by atoms with Gasteiger partial charge in [0.1, 0.15) is 12.4 Å². The first-order chi connectivity index (χ1) is 13.6. The van der Waals surface area contributed by atoms with Crippen LogP contribution in [0.5, 0.6) is 0 Å². The van der Waals surface area contributed by atoms with Gasteiger partial charge in [0.2, 0.25) is 0 Å². The SMILES string of the molecule is CN(C(=O)OCC1c2ccccc2-c2ccccc21)c1cccc(C(=O)O)n1. The van der Waals surface area contributed by atoms with Crippen molar-refractivity contribution >= 4 is 17.9 Å². The first-order valence-electron chi connectivity index (χ1n) is 8.85. The number of carboxylic acids is 1. The summed E-state index contributed by atoms with van der Waals surface area (Å²) in [6.07, 6.45) is -0.586. The molecule has 0 saturated heterocycles. The summed E-state index contributed by atoms with van der Waals surface area (Å²) in [6, 6.07) is 20.7. The number of nitrogens with zero attached hydrogens (tertiary/aromatic N) is 2. The fraction of sp³-hybridized carbons (Fsp3) is 0.136. The number of fused-ring (bicyclic) bond motifs is 3. The van der Waals surface area contributed by atoms with Gasteiger partial charge in [-0.2, -0.15) is 0 Å². The van der Waals surface area contributed by atoms with E-state index in [1.54, 1.807) is 12.1 Å². The highest BCUT2D eigenvalue weighted by Crippen LogP contribution is 2.44. The van der Waals surface area contributed by atoms with Crippen molar-refractivity contribution in [3.05, 3.63) is 83.6 Å². The molecule has 2 aromatic carbocycles. The normalized spacial score (nSPS) is 12.2. The molecule has 0 spiro atoms. The molecule has 0 atom stereocenters. The van der Waals surface area contributed by atoms with Crippen LogP contribution in [-0.2, 0) is 4.74 Å². The van der Waals surface area contributed by atoms with Crippen molar-refractivity contribution in [2.24, 2.45) is 0 Å². The lowest BCUT2D eigenvalue weighted by Crippen LogP contribution is -2.29. The zero-order valence-electron chi connectivity index (χ0n) is 15.2. The maximum absolute atomic E-state index is 12.5. The Labute approximate surface area is 162 Å². The molecule has 1 aromatic heterocycles. The molecule has 0 aliphatic heterocycles. The second-order valence-electron chi connectivity index (χ2n) is 6.55. The van der Waals surface area contributed by atoms with Crippen LogP contribution in [-0.4, -0.2) is 35.8 Å². The number of ether oxygens (including phenoxy) is 1. The molecule has 0 saturated carbocycles. The molecule has 1 N–H and O–H groups in total. The van der Waals surface area contributed by atoms with E-state index in [9.17, 15) is 9.59 Å². The van der Waals surface area contributed by atoms with E-state index in [1.165, 1.54) is 18.0 Å². The fourth-order valence-corrected chi connectivity index (χ4v) is 3.51. The number of pyridine rings is 1. The minimum Gasteiger partial charge on any atom is -0.477 e. The summed E-state index contributed by atoms with van der Waals surface area (Å²) in [5, 5.41) is 9.07. The van der Waals surface area contributed by atoms with Gasteiger partial charge in [-0.3, -0.25) is 4.90 Å². The highest BCUT2D eigenvalue weighted by molar-refractivity contribution is 5.89. The van der Waals surface area contributed by atoms with Gasteiger partial charge in [0.05, 0.1) is 0 Å². The minimum absolute atomic E-state index is 0.0388. The summed E-state index contributed by atoms with van der Waals surface area (Å²) in [5.74, 6) is -0.969. The Bertz CT molecular complexity index is 1020. The van der Waals surface area contributed by atoms with E-state index in [0.29, 0.717) is 0 Å². The van der Waals surface area contributed by atoms with Gasteiger partial charge in [-0.05, 0) is 34.4 Å². The third kappa shape index (κ3) is 3.09. The van der Waals surface area contributed by atoms with Gasteiger partial charge in [-0.15, -0.1) is 0 Å². The molecule has 140 valence electrons. The molecule has 1 aliphatic rings. The molecule has 0 unspecified atom stereocenters. The van der Waals surface area contributed by atoms with Crippen LogP contribution in [0.25, 0.3) is 11.1 Å². The smallest absolute Gasteiger partial charge is 0.415 e. The number of carbonyl (C=O) groups is 2. The molecule has 3 aromatic rings. The number of amides is 1. The van der Waals surface area contributed by atoms with Crippen molar-refractivity contribution < 1.29 is 19.4 Å². The Morgan fingerprint density at radius 2 is 1.57 bits per heavy atom. The van der Waals surface area contributed by atoms with Gasteiger partial charge >= 0.3 is 12.1 Å². The average Bonchev–Trinajstić information content (AvgIpc) is 3.05. The molecule has 1 amide bonds. The number of hydrogen-bond acceptors (Lipinski definition) is 4. The van der Waals surface area contributed by atoms with E-state index in [0.717, 1.165) is 22.3 Å². The number of hydrogen-bond donors (Lipinski definition) is 1. The number of aromatic carboxylic acids is 1. The summed E-state index contributed by atoms with van der Waals surface area (Å²) in [5.41, 5.74) is 4.44. The lowest BCUT2D eigenvalue weighted by molar-refractivity contribution is 0.0690. The lowest BCUT2D eigenvalue weighted by Gasteiger charge is -2.19. The van der Waals surface area contributed by atoms with Crippen LogP contribution in [0, 0.1) is 0 Å². The molecule has 1 heterocycles. The molecule has 4 rings (SSSR count). The van der Waals surface area contributed by atoms with Gasteiger partial charge in [-0.25, -0.2) is 14.6 Å². The Kier molecular flexibility index (Phi) is 4.53. The molecule has 6 nitrogen and oxygen atoms in total. The van der Waals surface area contributed by atoms with Gasteiger partial charge in [-0.1, -0.05) is 54.6 Å². The van der Waals surface area contributed by atoms with Crippen molar-refractivity contribution in [3.63, 3.8) is 0 Å². The Hall–Kier alpha value is -3.67. The largest absolute Gasteiger partial charge is 0.477 e. The van der Waals surface area contributed by atoms with Crippen LogP contribution in [0.2, 0.25) is 0 Å². The van der Waals surface area contributed by atoms with Crippen molar-refractivity contribution in [1.82, 2.24) is 4.98 Å². The number of anilines is 1. The topological polar surface area (TPSA) is 79.7 Å². The first kappa shape index (κ1) is 17.7. The van der Waals surface area contributed by atoms with Crippen LogP contribution in [0.1, 0.15) is 27.5 Å². The summed E-state index contributed by atoms with van der Waals surface area (Å²) in [6.45, 7) is 0.190. The van der Waals surface area contributed by atoms with E-state index in [-0.39, 0.29) is 24.0 Å². The third-order valence-electron chi connectivity index (χ3n) is 4.91. The molecule has 6 heteroatoms. The number of aromatic nitrogens is 1. The monoisotopic (exact) mass is 374 g/mol. The summed E-state index contributed by atoms with van der Waals surface area (Å²) < 4.78 is 5.56. The third-order valence-corrected chi connectivity index (χ3v) is 4.91. The van der Waals surface area contributed by atoms with Crippen LogP contribution in [0.15, 0.2) is 66.7 Å². The second kappa shape index (κ2) is 7.15. The first-order valence-corrected chi connectivity index (χ1v) is 8.85. The summed E-state index contributed by atoms with van der Waals surface area (Å²) in [7, 11) is 1.51. The molecular formula is C22H18N2O4. The van der Waals surface area contributed by atoms with Crippen molar-refractivity contribution in [2.45, 2.75) is 5.92 Å². The molecule has 28 heavy (non-hydrogen) atoms. The zero-order valence-corrected chi connectivity index (χ0v) is 15.2. The zero-order chi connectivity index (χ0) is 19.7. The molecule has 0 radical (unpaired) electrons. The lowest BCUT2D eigenvalue weighted by atomic mass is 9.98. The molecule has 1 aliphatic carbocycles. The van der Waals surface area contributed by atoms with Crippen LogP contribution in [0.3, 0.4) is 0 Å². The van der Waals surface area contributed by atoms with E-state index < -0.39 is 12.1 Å². The number of rotatable bonds is 4. The van der Waals surface area contributed by atoms with Crippen molar-refractivity contribution in [1.29, 1.82) is 0 Å². The van der Waals surface area contributed by atoms with Crippen molar-refractivity contribution in [3.8, 4) is 11.1 Å². The molecule has 0 fully saturated rings. The number of benzene rings is 2. The highest BCUT2D eigenvalue weighted by Gasteiger charge is 2.29. The number of carboxylic acid groups (broad SMARTS) is 1. The van der Waals surface area contributed by atoms with E-state index in [2.05, 4.69) is 29.2 Å². The van der Waals surface area contributed by atoms with Crippen LogP contribution in [0.4, 0.5) is 10.6 Å². The Morgan fingerprint density at radius 1 is 0.964 bits per heavy atom. The predicted octanol–water partition coefficient (Wildman–Crippen LogP) is 4.17. The van der Waals surface area contributed by atoms with Crippen LogP contribution < -0.4 is 4.90 Å². The standard InChI is InChI=1S/C22H18N2O4/c1-24(20-12-6-11-19(23-20)21(25)26)22(27)28-13-18-16-9-4-2-7-14(16)15-8-3-5-10-17(15)18/h2-12,18H,13H2,1H3,(H,25,26). The van der Waals surface area contributed by atoms with Gasteiger partial charge in [0.25, 0.3) is 0 Å². The number of carbonyl (C=O) groups excluding carboxylic acids is 1.